The van der Waals surface area contributed by atoms with Gasteiger partial charge in [0.05, 0.1) is 0 Å². The molecule has 1 rings (SSSR count). The van der Waals surface area contributed by atoms with Crippen molar-refractivity contribution in [3.05, 3.63) is 48.0 Å². The number of carbonyl (C=O) groups excluding carboxylic acids is 1. The molecule has 0 bridgehead atoms. The number of primary amides is 1. The average Bonchev–Trinajstić information content (AvgIpc) is 2.68. The Kier molecular flexibility index (Phi) is 14.4. The SMILES string of the molecule is CCCCCCCCC=CCCCCCCC(Cc1ccccc1)C(N)=O. The molecule has 152 valence electrons. The fourth-order valence-corrected chi connectivity index (χ4v) is 3.53. The molecule has 0 saturated carbocycles. The van der Waals surface area contributed by atoms with Crippen molar-refractivity contribution in [2.24, 2.45) is 11.7 Å². The van der Waals surface area contributed by atoms with Gasteiger partial charge in [0, 0.05) is 5.92 Å². The first kappa shape index (κ1) is 23.5. The largest absolute Gasteiger partial charge is 0.369 e. The number of hydrogen-bond acceptors (Lipinski definition) is 1. The van der Waals surface area contributed by atoms with E-state index in [1.54, 1.807) is 0 Å². The van der Waals surface area contributed by atoms with Crippen molar-refractivity contribution >= 4 is 5.91 Å². The Balaban J connectivity index is 1.99. The Morgan fingerprint density at radius 1 is 0.852 bits per heavy atom. The van der Waals surface area contributed by atoms with E-state index in [0.29, 0.717) is 0 Å². The summed E-state index contributed by atoms with van der Waals surface area (Å²) in [6.07, 6.45) is 21.9. The van der Waals surface area contributed by atoms with Crippen LogP contribution in [0.2, 0.25) is 0 Å². The summed E-state index contributed by atoms with van der Waals surface area (Å²) in [5.74, 6) is -0.180. The summed E-state index contributed by atoms with van der Waals surface area (Å²) in [5.41, 5.74) is 6.80. The molecule has 0 aliphatic carbocycles. The molecule has 1 aromatic carbocycles. The highest BCUT2D eigenvalue weighted by Gasteiger charge is 2.15. The number of hydrogen-bond donors (Lipinski definition) is 1. The van der Waals surface area contributed by atoms with Gasteiger partial charge in [0.25, 0.3) is 0 Å². The Hall–Kier alpha value is -1.57. The van der Waals surface area contributed by atoms with E-state index in [1.807, 2.05) is 18.2 Å². The zero-order chi connectivity index (χ0) is 19.6. The molecule has 2 N–H and O–H groups in total. The monoisotopic (exact) mass is 371 g/mol. The zero-order valence-corrected chi connectivity index (χ0v) is 17.5. The molecule has 0 spiro atoms. The van der Waals surface area contributed by atoms with Crippen molar-refractivity contribution in [3.63, 3.8) is 0 Å². The summed E-state index contributed by atoms with van der Waals surface area (Å²) in [5, 5.41) is 0. The summed E-state index contributed by atoms with van der Waals surface area (Å²) < 4.78 is 0. The molecule has 1 atom stereocenters. The molecule has 1 aromatic rings. The van der Waals surface area contributed by atoms with Gasteiger partial charge in [0.2, 0.25) is 5.91 Å². The summed E-state index contributed by atoms with van der Waals surface area (Å²) in [6.45, 7) is 2.27. The van der Waals surface area contributed by atoms with Crippen molar-refractivity contribution in [1.82, 2.24) is 0 Å². The normalized spacial score (nSPS) is 12.5. The number of carbonyl (C=O) groups is 1. The van der Waals surface area contributed by atoms with Gasteiger partial charge in [-0.25, -0.2) is 0 Å². The second kappa shape index (κ2) is 16.6. The Morgan fingerprint density at radius 2 is 1.41 bits per heavy atom. The van der Waals surface area contributed by atoms with E-state index in [2.05, 4.69) is 31.2 Å². The Labute approximate surface area is 167 Å². The van der Waals surface area contributed by atoms with Crippen molar-refractivity contribution in [3.8, 4) is 0 Å². The molecule has 0 heterocycles. The van der Waals surface area contributed by atoms with Gasteiger partial charge >= 0.3 is 0 Å². The molecular weight excluding hydrogens is 330 g/mol. The van der Waals surface area contributed by atoms with Crippen LogP contribution in [-0.4, -0.2) is 5.91 Å². The predicted molar refractivity (Wildman–Crippen MR) is 118 cm³/mol. The van der Waals surface area contributed by atoms with Crippen LogP contribution in [0.15, 0.2) is 42.5 Å². The van der Waals surface area contributed by atoms with Crippen molar-refractivity contribution in [2.75, 3.05) is 0 Å². The zero-order valence-electron chi connectivity index (χ0n) is 17.5. The lowest BCUT2D eigenvalue weighted by Crippen LogP contribution is -2.25. The number of amides is 1. The van der Waals surface area contributed by atoms with Gasteiger partial charge in [-0.3, -0.25) is 4.79 Å². The third-order valence-electron chi connectivity index (χ3n) is 5.29. The maximum Gasteiger partial charge on any atom is 0.220 e. The number of allylic oxidation sites excluding steroid dienone is 2. The van der Waals surface area contributed by atoms with Crippen LogP contribution in [0.4, 0.5) is 0 Å². The van der Waals surface area contributed by atoms with Crippen molar-refractivity contribution in [2.45, 2.75) is 96.8 Å². The fraction of sp³-hybridized carbons (Fsp3) is 0.640. The van der Waals surface area contributed by atoms with E-state index in [1.165, 1.54) is 76.2 Å². The van der Waals surface area contributed by atoms with E-state index < -0.39 is 0 Å². The molecule has 27 heavy (non-hydrogen) atoms. The minimum absolute atomic E-state index is 0.0235. The van der Waals surface area contributed by atoms with Crippen LogP contribution in [0, 0.1) is 5.92 Å². The van der Waals surface area contributed by atoms with Gasteiger partial charge in [0.15, 0.2) is 0 Å². The first-order valence-corrected chi connectivity index (χ1v) is 11.2. The Morgan fingerprint density at radius 3 is 2.00 bits per heavy atom. The van der Waals surface area contributed by atoms with Crippen LogP contribution < -0.4 is 5.73 Å². The van der Waals surface area contributed by atoms with E-state index in [4.69, 9.17) is 5.73 Å². The fourth-order valence-electron chi connectivity index (χ4n) is 3.53. The van der Waals surface area contributed by atoms with Gasteiger partial charge in [0.1, 0.15) is 0 Å². The summed E-state index contributed by atoms with van der Waals surface area (Å²) in [7, 11) is 0. The molecule has 0 aliphatic heterocycles. The maximum absolute atomic E-state index is 11.7. The van der Waals surface area contributed by atoms with E-state index in [9.17, 15) is 4.79 Å². The van der Waals surface area contributed by atoms with Gasteiger partial charge < -0.3 is 5.73 Å². The third kappa shape index (κ3) is 13.3. The summed E-state index contributed by atoms with van der Waals surface area (Å²) in [6, 6.07) is 10.2. The topological polar surface area (TPSA) is 43.1 Å². The maximum atomic E-state index is 11.7. The minimum atomic E-state index is -0.156. The highest BCUT2D eigenvalue weighted by atomic mass is 16.1. The quantitative estimate of drug-likeness (QED) is 0.233. The van der Waals surface area contributed by atoms with Gasteiger partial charge in [-0.15, -0.1) is 0 Å². The second-order valence-electron chi connectivity index (χ2n) is 7.81. The molecule has 0 saturated heterocycles. The smallest absolute Gasteiger partial charge is 0.220 e. The highest BCUT2D eigenvalue weighted by Crippen LogP contribution is 2.17. The standard InChI is InChI=1S/C25H41NO/c1-2-3-4-5-6-7-8-9-10-11-12-13-14-18-21-24(25(26)27)22-23-19-16-15-17-20-23/h9-10,15-17,19-20,24H,2-8,11-14,18,21-22H2,1H3,(H2,26,27). The van der Waals surface area contributed by atoms with Crippen LogP contribution in [0.25, 0.3) is 0 Å². The molecule has 2 heteroatoms. The molecule has 0 fully saturated rings. The predicted octanol–water partition coefficient (Wildman–Crippen LogP) is 6.98. The van der Waals surface area contributed by atoms with Crippen LogP contribution >= 0.6 is 0 Å². The Bertz CT molecular complexity index is 494. The van der Waals surface area contributed by atoms with Crippen LogP contribution in [0.1, 0.15) is 96.0 Å². The lowest BCUT2D eigenvalue weighted by atomic mass is 9.93. The number of unbranched alkanes of at least 4 members (excludes halogenated alkanes) is 10. The first-order valence-electron chi connectivity index (χ1n) is 11.2. The number of rotatable bonds is 17. The van der Waals surface area contributed by atoms with Crippen molar-refractivity contribution < 1.29 is 4.79 Å². The molecule has 0 radical (unpaired) electrons. The number of benzene rings is 1. The van der Waals surface area contributed by atoms with Gasteiger partial charge in [-0.2, -0.15) is 0 Å². The molecule has 0 aromatic heterocycles. The molecule has 1 amide bonds. The molecule has 0 aliphatic rings. The lowest BCUT2D eigenvalue weighted by molar-refractivity contribution is -0.122. The second-order valence-corrected chi connectivity index (χ2v) is 7.81. The minimum Gasteiger partial charge on any atom is -0.369 e. The highest BCUT2D eigenvalue weighted by molar-refractivity contribution is 5.76. The van der Waals surface area contributed by atoms with Crippen molar-refractivity contribution in [1.29, 1.82) is 0 Å². The lowest BCUT2D eigenvalue weighted by Gasteiger charge is -2.13. The van der Waals surface area contributed by atoms with E-state index in [-0.39, 0.29) is 11.8 Å². The van der Waals surface area contributed by atoms with Gasteiger partial charge in [-0.05, 0) is 44.1 Å². The summed E-state index contributed by atoms with van der Waals surface area (Å²) >= 11 is 0. The summed E-state index contributed by atoms with van der Waals surface area (Å²) in [4.78, 5) is 11.7. The van der Waals surface area contributed by atoms with E-state index in [0.717, 1.165) is 19.3 Å². The van der Waals surface area contributed by atoms with Crippen LogP contribution in [-0.2, 0) is 11.2 Å². The third-order valence-corrected chi connectivity index (χ3v) is 5.29. The van der Waals surface area contributed by atoms with Gasteiger partial charge in [-0.1, -0.05) is 101 Å². The first-order chi connectivity index (χ1) is 13.2. The van der Waals surface area contributed by atoms with Crippen LogP contribution in [0.3, 0.4) is 0 Å². The van der Waals surface area contributed by atoms with E-state index >= 15 is 0 Å². The molecule has 1 unspecified atom stereocenters. The number of nitrogens with two attached hydrogens (primary N) is 1. The van der Waals surface area contributed by atoms with Crippen LogP contribution in [0.5, 0.6) is 0 Å². The molecule has 2 nitrogen and oxygen atoms in total. The average molecular weight is 372 g/mol. The molecular formula is C25H41NO.